The Kier molecular flexibility index (Phi) is 4.59. The van der Waals surface area contributed by atoms with Gasteiger partial charge in [0.05, 0.1) is 16.0 Å². The number of aliphatic hydroxyl groups is 1. The van der Waals surface area contributed by atoms with Crippen molar-refractivity contribution in [2.24, 2.45) is 0 Å². The summed E-state index contributed by atoms with van der Waals surface area (Å²) < 4.78 is 0. The third-order valence-corrected chi connectivity index (χ3v) is 2.93. The van der Waals surface area contributed by atoms with E-state index in [1.54, 1.807) is 0 Å². The Morgan fingerprint density at radius 1 is 1.14 bits per heavy atom. The van der Waals surface area contributed by atoms with Gasteiger partial charge in [-0.2, -0.15) is 0 Å². The van der Waals surface area contributed by atoms with Crippen LogP contribution in [-0.2, 0) is 0 Å². The minimum Gasteiger partial charge on any atom is -0.387 e. The maximum absolute atomic E-state index is 10.8. The average molecular weight is 304 g/mol. The predicted molar refractivity (Wildman–Crippen MR) is 77.4 cm³/mol. The summed E-state index contributed by atoms with van der Waals surface area (Å²) in [5.74, 6) is 0.0495. The van der Waals surface area contributed by atoms with Crippen molar-refractivity contribution in [2.75, 3.05) is 11.9 Å². The van der Waals surface area contributed by atoms with E-state index >= 15 is 0 Å². The van der Waals surface area contributed by atoms with Gasteiger partial charge in [-0.25, -0.2) is 4.98 Å². The zero-order valence-electron chi connectivity index (χ0n) is 11.2. The second-order valence-corrected chi connectivity index (χ2v) is 4.37. The quantitative estimate of drug-likeness (QED) is 0.616. The van der Waals surface area contributed by atoms with Crippen molar-refractivity contribution in [3.05, 3.63) is 68.4 Å². The van der Waals surface area contributed by atoms with Crippen molar-refractivity contribution in [1.82, 2.24) is 4.98 Å². The highest BCUT2D eigenvalue weighted by Crippen LogP contribution is 2.22. The third-order valence-electron chi connectivity index (χ3n) is 2.93. The zero-order valence-corrected chi connectivity index (χ0v) is 11.2. The number of nitrogens with one attached hydrogen (secondary N) is 1. The molecule has 0 amide bonds. The predicted octanol–water partition coefficient (Wildman–Crippen LogP) is 2.04. The fourth-order valence-electron chi connectivity index (χ4n) is 1.81. The molecule has 1 heterocycles. The Bertz CT molecular complexity index is 689. The Balaban J connectivity index is 2.05. The summed E-state index contributed by atoms with van der Waals surface area (Å²) >= 11 is 0. The summed E-state index contributed by atoms with van der Waals surface area (Å²) in [6.07, 6.45) is 0.413. The van der Waals surface area contributed by atoms with Crippen molar-refractivity contribution >= 4 is 17.2 Å². The molecule has 0 saturated carbocycles. The Hall–Kier alpha value is -3.07. The van der Waals surface area contributed by atoms with Gasteiger partial charge in [0.15, 0.2) is 0 Å². The molecule has 0 bridgehead atoms. The van der Waals surface area contributed by atoms with E-state index in [0.29, 0.717) is 5.56 Å². The summed E-state index contributed by atoms with van der Waals surface area (Å²) in [6.45, 7) is -0.0182. The van der Waals surface area contributed by atoms with E-state index in [1.165, 1.54) is 42.6 Å². The molecule has 9 heteroatoms. The number of hydrogen-bond donors (Lipinski definition) is 2. The van der Waals surface area contributed by atoms with Crippen molar-refractivity contribution in [1.29, 1.82) is 0 Å². The lowest BCUT2D eigenvalue weighted by Gasteiger charge is -2.12. The molecular formula is C13H12N4O5. The Morgan fingerprint density at radius 3 is 2.41 bits per heavy atom. The van der Waals surface area contributed by atoms with Crippen LogP contribution in [0.1, 0.15) is 11.7 Å². The first-order valence-corrected chi connectivity index (χ1v) is 6.24. The van der Waals surface area contributed by atoms with E-state index in [4.69, 9.17) is 0 Å². The van der Waals surface area contributed by atoms with Crippen molar-refractivity contribution in [2.45, 2.75) is 6.10 Å². The molecule has 1 unspecified atom stereocenters. The minimum atomic E-state index is -0.984. The number of non-ortho nitro benzene ring substituents is 1. The van der Waals surface area contributed by atoms with Crippen LogP contribution in [0.5, 0.6) is 0 Å². The lowest BCUT2D eigenvalue weighted by Crippen LogP contribution is -2.14. The SMILES string of the molecule is O=[N+]([O-])c1ccc(C(O)CNc2ncccc2[N+](=O)[O-])cc1. The standard InChI is InChI=1S/C13H12N4O5/c18-12(9-3-5-10(6-4-9)16(19)20)8-15-13-11(17(21)22)2-1-7-14-13/h1-7,12,18H,8H2,(H,14,15). The van der Waals surface area contributed by atoms with Gasteiger partial charge in [0.25, 0.3) is 5.69 Å². The number of pyridine rings is 1. The number of aliphatic hydroxyl groups excluding tert-OH is 1. The summed E-state index contributed by atoms with van der Waals surface area (Å²) in [5.41, 5.74) is 0.180. The monoisotopic (exact) mass is 304 g/mol. The van der Waals surface area contributed by atoms with Crippen LogP contribution in [-0.4, -0.2) is 26.5 Å². The maximum Gasteiger partial charge on any atom is 0.311 e. The number of anilines is 1. The smallest absolute Gasteiger partial charge is 0.311 e. The number of nitro benzene ring substituents is 1. The van der Waals surface area contributed by atoms with Gasteiger partial charge in [0.2, 0.25) is 5.82 Å². The number of nitrogens with zero attached hydrogens (tertiary/aromatic N) is 3. The van der Waals surface area contributed by atoms with Gasteiger partial charge in [-0.3, -0.25) is 20.2 Å². The van der Waals surface area contributed by atoms with Gasteiger partial charge in [0, 0.05) is 30.9 Å². The summed E-state index contributed by atoms with van der Waals surface area (Å²) in [4.78, 5) is 24.1. The molecule has 0 radical (unpaired) electrons. The van der Waals surface area contributed by atoms with Crippen molar-refractivity contribution in [3.63, 3.8) is 0 Å². The van der Waals surface area contributed by atoms with Crippen LogP contribution in [0.25, 0.3) is 0 Å². The molecule has 22 heavy (non-hydrogen) atoms. The minimum absolute atomic E-state index is 0.0182. The highest BCUT2D eigenvalue weighted by atomic mass is 16.6. The van der Waals surface area contributed by atoms with Crippen LogP contribution in [0.2, 0.25) is 0 Å². The molecule has 1 aromatic carbocycles. The fraction of sp³-hybridized carbons (Fsp3) is 0.154. The molecule has 9 nitrogen and oxygen atoms in total. The topological polar surface area (TPSA) is 131 Å². The summed E-state index contributed by atoms with van der Waals surface area (Å²) in [7, 11) is 0. The van der Waals surface area contributed by atoms with Gasteiger partial charge < -0.3 is 10.4 Å². The van der Waals surface area contributed by atoms with E-state index in [1.807, 2.05) is 0 Å². The van der Waals surface area contributed by atoms with Crippen LogP contribution >= 0.6 is 0 Å². The number of nitro groups is 2. The lowest BCUT2D eigenvalue weighted by molar-refractivity contribution is -0.384. The van der Waals surface area contributed by atoms with E-state index in [0.717, 1.165) is 0 Å². The largest absolute Gasteiger partial charge is 0.387 e. The van der Waals surface area contributed by atoms with E-state index in [2.05, 4.69) is 10.3 Å². The highest BCUT2D eigenvalue weighted by molar-refractivity contribution is 5.55. The molecule has 1 aromatic heterocycles. The second kappa shape index (κ2) is 6.59. The Labute approximate surface area is 124 Å². The van der Waals surface area contributed by atoms with Crippen molar-refractivity contribution < 1.29 is 15.0 Å². The van der Waals surface area contributed by atoms with Gasteiger partial charge in [-0.15, -0.1) is 0 Å². The van der Waals surface area contributed by atoms with E-state index in [9.17, 15) is 25.3 Å². The van der Waals surface area contributed by atoms with Gasteiger partial charge >= 0.3 is 5.69 Å². The molecular weight excluding hydrogens is 292 g/mol. The van der Waals surface area contributed by atoms with E-state index in [-0.39, 0.29) is 23.7 Å². The number of aromatic nitrogens is 1. The third kappa shape index (κ3) is 3.52. The molecule has 0 spiro atoms. The summed E-state index contributed by atoms with van der Waals surface area (Å²) in [6, 6.07) is 8.15. The molecule has 0 aliphatic carbocycles. The van der Waals surface area contributed by atoms with Crippen LogP contribution in [0.4, 0.5) is 17.2 Å². The van der Waals surface area contributed by atoms with Crippen LogP contribution < -0.4 is 5.32 Å². The molecule has 0 aliphatic heterocycles. The molecule has 2 N–H and O–H groups in total. The second-order valence-electron chi connectivity index (χ2n) is 4.37. The molecule has 1 atom stereocenters. The molecule has 0 fully saturated rings. The molecule has 0 aliphatic rings. The molecule has 0 saturated heterocycles. The first kappa shape index (κ1) is 15.3. The summed E-state index contributed by atoms with van der Waals surface area (Å²) in [5, 5.41) is 34.1. The molecule has 2 rings (SSSR count). The zero-order chi connectivity index (χ0) is 16.1. The lowest BCUT2D eigenvalue weighted by atomic mass is 10.1. The first-order valence-electron chi connectivity index (χ1n) is 6.24. The fourth-order valence-corrected chi connectivity index (χ4v) is 1.81. The highest BCUT2D eigenvalue weighted by Gasteiger charge is 2.16. The van der Waals surface area contributed by atoms with Crippen LogP contribution in [0.3, 0.4) is 0 Å². The maximum atomic E-state index is 10.8. The number of hydrogen-bond acceptors (Lipinski definition) is 7. The first-order chi connectivity index (χ1) is 10.5. The van der Waals surface area contributed by atoms with Crippen LogP contribution in [0.15, 0.2) is 42.6 Å². The van der Waals surface area contributed by atoms with E-state index < -0.39 is 16.0 Å². The van der Waals surface area contributed by atoms with Crippen LogP contribution in [0, 0.1) is 20.2 Å². The van der Waals surface area contributed by atoms with Gasteiger partial charge in [-0.05, 0) is 23.8 Å². The molecule has 2 aromatic rings. The van der Waals surface area contributed by atoms with Crippen molar-refractivity contribution in [3.8, 4) is 0 Å². The number of rotatable bonds is 6. The number of benzene rings is 1. The average Bonchev–Trinajstić information content (AvgIpc) is 2.52. The van der Waals surface area contributed by atoms with Gasteiger partial charge in [-0.1, -0.05) is 0 Å². The van der Waals surface area contributed by atoms with Gasteiger partial charge in [0.1, 0.15) is 0 Å². The molecule has 114 valence electrons. The normalized spacial score (nSPS) is 11.7. The Morgan fingerprint density at radius 2 is 1.82 bits per heavy atom.